The van der Waals surface area contributed by atoms with Gasteiger partial charge in [0, 0.05) is 49.8 Å². The van der Waals surface area contributed by atoms with Crippen molar-refractivity contribution in [1.82, 2.24) is 15.5 Å². The fraction of sp³-hybridized carbons (Fsp3) is 0.368. The predicted octanol–water partition coefficient (Wildman–Crippen LogP) is 1.30. The third-order valence-electron chi connectivity index (χ3n) is 4.42. The van der Waals surface area contributed by atoms with Crippen molar-refractivity contribution in [2.75, 3.05) is 44.2 Å². The SMILES string of the molecule is O=C(NCCN1CCN(c2ccccc2)CC1)C(=O)NCc1cccs1. The van der Waals surface area contributed by atoms with Crippen molar-refractivity contribution in [3.8, 4) is 0 Å². The van der Waals surface area contributed by atoms with Crippen molar-refractivity contribution in [2.45, 2.75) is 6.54 Å². The van der Waals surface area contributed by atoms with Crippen LogP contribution in [0, 0.1) is 0 Å². The Balaban J connectivity index is 1.31. The molecule has 1 aliphatic rings. The monoisotopic (exact) mass is 372 g/mol. The van der Waals surface area contributed by atoms with Crippen molar-refractivity contribution in [1.29, 1.82) is 0 Å². The van der Waals surface area contributed by atoms with Gasteiger partial charge < -0.3 is 15.5 Å². The lowest BCUT2D eigenvalue weighted by Gasteiger charge is -2.36. The van der Waals surface area contributed by atoms with Gasteiger partial charge in [-0.25, -0.2) is 0 Å². The highest BCUT2D eigenvalue weighted by atomic mass is 32.1. The van der Waals surface area contributed by atoms with E-state index in [0.717, 1.165) is 37.6 Å². The number of thiophene rings is 1. The standard InChI is InChI=1S/C19H24N4O2S/c24-18(19(25)21-15-17-7-4-14-26-17)20-8-9-22-10-12-23(13-11-22)16-5-2-1-3-6-16/h1-7,14H,8-13,15H2,(H,20,24)(H,21,25). The van der Waals surface area contributed by atoms with Gasteiger partial charge in [0.25, 0.3) is 0 Å². The number of piperazine rings is 1. The van der Waals surface area contributed by atoms with Crippen LogP contribution in [-0.2, 0) is 16.1 Å². The molecule has 2 amide bonds. The second-order valence-corrected chi connectivity index (χ2v) is 7.21. The van der Waals surface area contributed by atoms with Gasteiger partial charge in [0.1, 0.15) is 0 Å². The molecule has 0 saturated carbocycles. The highest BCUT2D eigenvalue weighted by molar-refractivity contribution is 7.09. The van der Waals surface area contributed by atoms with Crippen molar-refractivity contribution < 1.29 is 9.59 Å². The largest absolute Gasteiger partial charge is 0.369 e. The quantitative estimate of drug-likeness (QED) is 0.751. The number of benzene rings is 1. The Bertz CT molecular complexity index is 698. The summed E-state index contributed by atoms with van der Waals surface area (Å²) in [5.41, 5.74) is 1.25. The van der Waals surface area contributed by atoms with Gasteiger partial charge in [0.2, 0.25) is 0 Å². The number of carbonyl (C=O) groups is 2. The van der Waals surface area contributed by atoms with Gasteiger partial charge in [-0.05, 0) is 23.6 Å². The first-order valence-corrected chi connectivity index (χ1v) is 9.71. The number of nitrogens with one attached hydrogen (secondary N) is 2. The Hall–Kier alpha value is -2.38. The molecule has 3 rings (SSSR count). The van der Waals surface area contributed by atoms with E-state index < -0.39 is 11.8 Å². The molecule has 0 unspecified atom stereocenters. The number of hydrogen-bond acceptors (Lipinski definition) is 5. The lowest BCUT2D eigenvalue weighted by Crippen LogP contribution is -2.49. The zero-order valence-electron chi connectivity index (χ0n) is 14.7. The van der Waals surface area contributed by atoms with Crippen LogP contribution < -0.4 is 15.5 Å². The van der Waals surface area contributed by atoms with Crippen LogP contribution >= 0.6 is 11.3 Å². The molecule has 7 heteroatoms. The minimum Gasteiger partial charge on any atom is -0.369 e. The van der Waals surface area contributed by atoms with Gasteiger partial charge in [-0.1, -0.05) is 24.3 Å². The molecule has 26 heavy (non-hydrogen) atoms. The fourth-order valence-corrected chi connectivity index (χ4v) is 3.58. The van der Waals surface area contributed by atoms with E-state index in [1.165, 1.54) is 5.69 Å². The van der Waals surface area contributed by atoms with E-state index in [2.05, 4.69) is 44.7 Å². The molecule has 6 nitrogen and oxygen atoms in total. The van der Waals surface area contributed by atoms with Crippen molar-refractivity contribution in [3.63, 3.8) is 0 Å². The van der Waals surface area contributed by atoms with Gasteiger partial charge in [-0.15, -0.1) is 11.3 Å². The van der Waals surface area contributed by atoms with E-state index in [1.54, 1.807) is 11.3 Å². The molecule has 2 heterocycles. The summed E-state index contributed by atoms with van der Waals surface area (Å²) in [7, 11) is 0. The minimum absolute atomic E-state index is 0.394. The second kappa shape index (κ2) is 9.35. The van der Waals surface area contributed by atoms with Crippen LogP contribution in [0.15, 0.2) is 47.8 Å². The summed E-state index contributed by atoms with van der Waals surface area (Å²) in [6.45, 7) is 5.48. The summed E-state index contributed by atoms with van der Waals surface area (Å²) in [6.07, 6.45) is 0. The Morgan fingerprint density at radius 3 is 2.35 bits per heavy atom. The molecule has 0 radical (unpaired) electrons. The topological polar surface area (TPSA) is 64.7 Å². The summed E-state index contributed by atoms with van der Waals surface area (Å²) in [5.74, 6) is -1.14. The van der Waals surface area contributed by atoms with Crippen molar-refractivity contribution in [3.05, 3.63) is 52.7 Å². The van der Waals surface area contributed by atoms with Crippen molar-refractivity contribution in [2.24, 2.45) is 0 Å². The van der Waals surface area contributed by atoms with E-state index in [4.69, 9.17) is 0 Å². The van der Waals surface area contributed by atoms with Gasteiger partial charge in [0.15, 0.2) is 0 Å². The molecular formula is C19H24N4O2S. The van der Waals surface area contributed by atoms with Gasteiger partial charge in [-0.2, -0.15) is 0 Å². The summed E-state index contributed by atoms with van der Waals surface area (Å²) in [5, 5.41) is 7.28. The van der Waals surface area contributed by atoms with Crippen LogP contribution in [-0.4, -0.2) is 56.0 Å². The number of amides is 2. The van der Waals surface area contributed by atoms with E-state index in [-0.39, 0.29) is 0 Å². The summed E-state index contributed by atoms with van der Waals surface area (Å²) >= 11 is 1.55. The van der Waals surface area contributed by atoms with Crippen molar-refractivity contribution >= 4 is 28.8 Å². The van der Waals surface area contributed by atoms with Gasteiger partial charge in [-0.3, -0.25) is 14.5 Å². The molecule has 0 spiro atoms. The maximum Gasteiger partial charge on any atom is 0.309 e. The van der Waals surface area contributed by atoms with Crippen LogP contribution in [0.5, 0.6) is 0 Å². The maximum atomic E-state index is 11.8. The van der Waals surface area contributed by atoms with Crippen LogP contribution in [0.25, 0.3) is 0 Å². The second-order valence-electron chi connectivity index (χ2n) is 6.18. The molecule has 1 fully saturated rings. The third-order valence-corrected chi connectivity index (χ3v) is 5.29. The smallest absolute Gasteiger partial charge is 0.309 e. The molecule has 1 aromatic carbocycles. The maximum absolute atomic E-state index is 11.8. The highest BCUT2D eigenvalue weighted by Gasteiger charge is 2.18. The molecule has 0 bridgehead atoms. The lowest BCUT2D eigenvalue weighted by molar-refractivity contribution is -0.139. The zero-order valence-corrected chi connectivity index (χ0v) is 15.5. The average Bonchev–Trinajstić information content (AvgIpc) is 3.21. The van der Waals surface area contributed by atoms with Crippen LogP contribution in [0.4, 0.5) is 5.69 Å². The molecular weight excluding hydrogens is 348 g/mol. The molecule has 0 atom stereocenters. The summed E-state index contributed by atoms with van der Waals surface area (Å²) < 4.78 is 0. The highest BCUT2D eigenvalue weighted by Crippen LogP contribution is 2.15. The number of para-hydroxylation sites is 1. The normalized spacial score (nSPS) is 14.8. The minimum atomic E-state index is -0.577. The molecule has 2 N–H and O–H groups in total. The van der Waals surface area contributed by atoms with Gasteiger partial charge in [0.05, 0.1) is 6.54 Å². The van der Waals surface area contributed by atoms with Gasteiger partial charge >= 0.3 is 11.8 Å². The number of anilines is 1. The van der Waals surface area contributed by atoms with E-state index >= 15 is 0 Å². The number of hydrogen-bond donors (Lipinski definition) is 2. The average molecular weight is 372 g/mol. The zero-order chi connectivity index (χ0) is 18.2. The first-order chi connectivity index (χ1) is 12.7. The number of nitrogens with zero attached hydrogens (tertiary/aromatic N) is 2. The Labute approximate surface area is 157 Å². The van der Waals surface area contributed by atoms with E-state index in [9.17, 15) is 9.59 Å². The molecule has 1 aliphatic heterocycles. The first-order valence-electron chi connectivity index (χ1n) is 8.83. The Kier molecular flexibility index (Phi) is 6.62. The molecule has 1 saturated heterocycles. The Morgan fingerprint density at radius 1 is 0.923 bits per heavy atom. The Morgan fingerprint density at radius 2 is 1.65 bits per heavy atom. The van der Waals surface area contributed by atoms with Crippen LogP contribution in [0.3, 0.4) is 0 Å². The number of carbonyl (C=O) groups excluding carboxylic acids is 2. The molecule has 138 valence electrons. The summed E-state index contributed by atoms with van der Waals surface area (Å²) in [4.78, 5) is 29.3. The molecule has 2 aromatic rings. The third kappa shape index (κ3) is 5.31. The first kappa shape index (κ1) is 18.4. The number of rotatable bonds is 6. The summed E-state index contributed by atoms with van der Waals surface area (Å²) in [6, 6.07) is 14.2. The predicted molar refractivity (Wildman–Crippen MR) is 104 cm³/mol. The lowest BCUT2D eigenvalue weighted by atomic mass is 10.2. The van der Waals surface area contributed by atoms with E-state index in [0.29, 0.717) is 13.1 Å². The van der Waals surface area contributed by atoms with E-state index in [1.807, 2.05) is 23.6 Å². The molecule has 1 aromatic heterocycles. The van der Waals surface area contributed by atoms with Crippen LogP contribution in [0.1, 0.15) is 4.88 Å². The fourth-order valence-electron chi connectivity index (χ4n) is 2.94. The van der Waals surface area contributed by atoms with Crippen LogP contribution in [0.2, 0.25) is 0 Å². The molecule has 0 aliphatic carbocycles.